The average Bonchev–Trinajstić information content (AvgIpc) is 2.40. The Balaban J connectivity index is 1.83. The second kappa shape index (κ2) is 6.02. The van der Waals surface area contributed by atoms with Gasteiger partial charge in [-0.3, -0.25) is 4.79 Å². The number of phenolic OH excluding ortho intramolecular Hbond substituents is 1. The Morgan fingerprint density at radius 2 is 2.16 bits per heavy atom. The zero-order valence-corrected chi connectivity index (χ0v) is 11.0. The second-order valence-electron chi connectivity index (χ2n) is 4.93. The summed E-state index contributed by atoms with van der Waals surface area (Å²) in [5.41, 5.74) is 0.564. The highest BCUT2D eigenvalue weighted by molar-refractivity contribution is 5.73. The number of halogens is 1. The van der Waals surface area contributed by atoms with E-state index < -0.39 is 0 Å². The molecule has 4 nitrogen and oxygen atoms in total. The SMILES string of the molecule is CC(=O)N1CCC(NCc2cc(F)ccc2O)CC1. The van der Waals surface area contributed by atoms with E-state index in [1.54, 1.807) is 6.92 Å². The number of likely N-dealkylation sites (tertiary alicyclic amines) is 1. The first-order valence-corrected chi connectivity index (χ1v) is 6.52. The fourth-order valence-corrected chi connectivity index (χ4v) is 2.35. The molecule has 1 aliphatic rings. The molecule has 19 heavy (non-hydrogen) atoms. The number of amides is 1. The lowest BCUT2D eigenvalue weighted by molar-refractivity contribution is -0.129. The molecule has 5 heteroatoms. The van der Waals surface area contributed by atoms with Crippen molar-refractivity contribution in [3.63, 3.8) is 0 Å². The number of benzene rings is 1. The van der Waals surface area contributed by atoms with Gasteiger partial charge in [0.1, 0.15) is 11.6 Å². The number of aromatic hydroxyl groups is 1. The topological polar surface area (TPSA) is 52.6 Å². The molecular weight excluding hydrogens is 247 g/mol. The summed E-state index contributed by atoms with van der Waals surface area (Å²) >= 11 is 0. The molecule has 0 unspecified atom stereocenters. The van der Waals surface area contributed by atoms with Gasteiger partial charge in [-0.2, -0.15) is 0 Å². The highest BCUT2D eigenvalue weighted by Gasteiger charge is 2.20. The molecule has 2 N–H and O–H groups in total. The summed E-state index contributed by atoms with van der Waals surface area (Å²) in [5, 5.41) is 12.9. The number of phenols is 1. The quantitative estimate of drug-likeness (QED) is 0.874. The van der Waals surface area contributed by atoms with Crippen LogP contribution in [0.15, 0.2) is 18.2 Å². The predicted molar refractivity (Wildman–Crippen MR) is 70.2 cm³/mol. The fraction of sp³-hybridized carbons (Fsp3) is 0.500. The van der Waals surface area contributed by atoms with Gasteiger partial charge in [0.15, 0.2) is 0 Å². The van der Waals surface area contributed by atoms with Gasteiger partial charge in [0.2, 0.25) is 5.91 Å². The van der Waals surface area contributed by atoms with E-state index >= 15 is 0 Å². The van der Waals surface area contributed by atoms with Crippen molar-refractivity contribution in [1.29, 1.82) is 0 Å². The largest absolute Gasteiger partial charge is 0.508 e. The first kappa shape index (κ1) is 13.8. The molecule has 0 radical (unpaired) electrons. The molecular formula is C14H19FN2O2. The highest BCUT2D eigenvalue weighted by Crippen LogP contribution is 2.18. The molecule has 2 rings (SSSR count). The minimum absolute atomic E-state index is 0.107. The van der Waals surface area contributed by atoms with Crippen molar-refractivity contribution in [2.45, 2.75) is 32.4 Å². The van der Waals surface area contributed by atoms with E-state index in [9.17, 15) is 14.3 Å². The Bertz CT molecular complexity index is 457. The van der Waals surface area contributed by atoms with Gasteiger partial charge < -0.3 is 15.3 Å². The van der Waals surface area contributed by atoms with Crippen LogP contribution in [0.3, 0.4) is 0 Å². The maximum atomic E-state index is 13.1. The van der Waals surface area contributed by atoms with Gasteiger partial charge in [0, 0.05) is 38.2 Å². The summed E-state index contributed by atoms with van der Waals surface area (Å²) in [4.78, 5) is 13.0. The van der Waals surface area contributed by atoms with Crippen molar-refractivity contribution in [2.75, 3.05) is 13.1 Å². The Kier molecular flexibility index (Phi) is 4.37. The number of carbonyl (C=O) groups is 1. The minimum atomic E-state index is -0.346. The first-order valence-electron chi connectivity index (χ1n) is 6.52. The molecule has 104 valence electrons. The lowest BCUT2D eigenvalue weighted by Gasteiger charge is -2.31. The number of hydrogen-bond acceptors (Lipinski definition) is 3. The van der Waals surface area contributed by atoms with Gasteiger partial charge in [0.25, 0.3) is 0 Å². The zero-order chi connectivity index (χ0) is 13.8. The minimum Gasteiger partial charge on any atom is -0.508 e. The van der Waals surface area contributed by atoms with Crippen LogP contribution in [-0.2, 0) is 11.3 Å². The molecule has 0 spiro atoms. The Morgan fingerprint density at radius 1 is 1.47 bits per heavy atom. The lowest BCUT2D eigenvalue weighted by Crippen LogP contribution is -2.43. The Labute approximate surface area is 112 Å². The number of carbonyl (C=O) groups excluding carboxylic acids is 1. The molecule has 0 bridgehead atoms. The van der Waals surface area contributed by atoms with Gasteiger partial charge in [-0.05, 0) is 31.0 Å². The van der Waals surface area contributed by atoms with E-state index in [0.717, 1.165) is 25.9 Å². The van der Waals surface area contributed by atoms with Crippen molar-refractivity contribution >= 4 is 5.91 Å². The molecule has 0 aromatic heterocycles. The summed E-state index contributed by atoms with van der Waals surface area (Å²) in [6.45, 7) is 3.52. The van der Waals surface area contributed by atoms with Crippen LogP contribution >= 0.6 is 0 Å². The van der Waals surface area contributed by atoms with Crippen LogP contribution in [0.25, 0.3) is 0 Å². The van der Waals surface area contributed by atoms with E-state index in [-0.39, 0.29) is 17.5 Å². The molecule has 1 aromatic rings. The van der Waals surface area contributed by atoms with Crippen LogP contribution in [-0.4, -0.2) is 35.0 Å². The Hall–Kier alpha value is -1.62. The molecule has 1 amide bonds. The monoisotopic (exact) mass is 266 g/mol. The van der Waals surface area contributed by atoms with E-state index in [2.05, 4.69) is 5.32 Å². The van der Waals surface area contributed by atoms with Crippen LogP contribution in [0.2, 0.25) is 0 Å². The number of nitrogens with one attached hydrogen (secondary N) is 1. The standard InChI is InChI=1S/C14H19FN2O2/c1-10(18)17-6-4-13(5-7-17)16-9-11-8-12(15)2-3-14(11)19/h2-3,8,13,16,19H,4-7,9H2,1H3. The summed E-state index contributed by atoms with van der Waals surface area (Å²) < 4.78 is 13.1. The lowest BCUT2D eigenvalue weighted by atomic mass is 10.0. The van der Waals surface area contributed by atoms with Crippen molar-refractivity contribution < 1.29 is 14.3 Å². The predicted octanol–water partition coefficient (Wildman–Crippen LogP) is 1.63. The maximum absolute atomic E-state index is 13.1. The third-order valence-corrected chi connectivity index (χ3v) is 3.56. The molecule has 1 aliphatic heterocycles. The number of piperidine rings is 1. The van der Waals surface area contributed by atoms with Crippen LogP contribution < -0.4 is 5.32 Å². The van der Waals surface area contributed by atoms with Crippen molar-refractivity contribution in [3.8, 4) is 5.75 Å². The molecule has 1 aromatic carbocycles. The second-order valence-corrected chi connectivity index (χ2v) is 4.93. The van der Waals surface area contributed by atoms with Crippen molar-refractivity contribution in [1.82, 2.24) is 10.2 Å². The fourth-order valence-electron chi connectivity index (χ4n) is 2.35. The highest BCUT2D eigenvalue weighted by atomic mass is 19.1. The normalized spacial score (nSPS) is 16.6. The number of nitrogens with zero attached hydrogens (tertiary/aromatic N) is 1. The summed E-state index contributed by atoms with van der Waals surface area (Å²) in [6.07, 6.45) is 1.77. The maximum Gasteiger partial charge on any atom is 0.219 e. The van der Waals surface area contributed by atoms with Crippen LogP contribution in [0.5, 0.6) is 5.75 Å². The third kappa shape index (κ3) is 3.67. The van der Waals surface area contributed by atoms with Crippen LogP contribution in [0.1, 0.15) is 25.3 Å². The molecule has 0 saturated carbocycles. The zero-order valence-electron chi connectivity index (χ0n) is 11.0. The molecule has 1 fully saturated rings. The third-order valence-electron chi connectivity index (χ3n) is 3.56. The number of rotatable bonds is 3. The first-order chi connectivity index (χ1) is 9.06. The van der Waals surface area contributed by atoms with Gasteiger partial charge in [-0.15, -0.1) is 0 Å². The van der Waals surface area contributed by atoms with E-state index in [4.69, 9.17) is 0 Å². The van der Waals surface area contributed by atoms with Gasteiger partial charge in [-0.1, -0.05) is 0 Å². The van der Waals surface area contributed by atoms with Gasteiger partial charge >= 0.3 is 0 Å². The summed E-state index contributed by atoms with van der Waals surface area (Å²) in [5.74, 6) is -0.128. The van der Waals surface area contributed by atoms with Crippen LogP contribution in [0.4, 0.5) is 4.39 Å². The molecule has 1 heterocycles. The summed E-state index contributed by atoms with van der Waals surface area (Å²) in [7, 11) is 0. The molecule has 0 atom stereocenters. The van der Waals surface area contributed by atoms with Crippen molar-refractivity contribution in [2.24, 2.45) is 0 Å². The van der Waals surface area contributed by atoms with Gasteiger partial charge in [-0.25, -0.2) is 4.39 Å². The van der Waals surface area contributed by atoms with Crippen molar-refractivity contribution in [3.05, 3.63) is 29.6 Å². The smallest absolute Gasteiger partial charge is 0.219 e. The van der Waals surface area contributed by atoms with Crippen LogP contribution in [0, 0.1) is 5.82 Å². The Morgan fingerprint density at radius 3 is 2.79 bits per heavy atom. The van der Waals surface area contributed by atoms with Gasteiger partial charge in [0.05, 0.1) is 0 Å². The summed E-state index contributed by atoms with van der Waals surface area (Å²) in [6, 6.07) is 4.25. The van der Waals surface area contributed by atoms with E-state index in [1.807, 2.05) is 4.90 Å². The van der Waals surface area contributed by atoms with E-state index in [1.165, 1.54) is 18.2 Å². The molecule has 0 aliphatic carbocycles. The average molecular weight is 266 g/mol. The number of hydrogen-bond donors (Lipinski definition) is 2. The molecule has 1 saturated heterocycles. The van der Waals surface area contributed by atoms with E-state index in [0.29, 0.717) is 18.2 Å².